The van der Waals surface area contributed by atoms with Crippen LogP contribution < -0.4 is 57.6 Å². The summed E-state index contributed by atoms with van der Waals surface area (Å²) in [5.41, 5.74) is 10.3. The van der Waals surface area contributed by atoms with Crippen molar-refractivity contribution in [1.82, 2.24) is 0 Å². The van der Waals surface area contributed by atoms with Crippen LogP contribution in [0.15, 0.2) is 402 Å². The van der Waals surface area contributed by atoms with Gasteiger partial charge in [-0.25, -0.2) is 0 Å². The predicted octanol–water partition coefficient (Wildman–Crippen LogP) is 18.0. The average Bonchev–Trinajstić information content (AvgIpc) is 1.13. The Kier molecular flexibility index (Phi) is 22.6. The molecule has 4 radical (unpaired) electrons. The van der Waals surface area contributed by atoms with Crippen molar-refractivity contribution in [1.29, 1.82) is 0 Å². The number of anilines is 4. The van der Waals surface area contributed by atoms with Crippen LogP contribution in [0.2, 0.25) is 0 Å². The lowest BCUT2D eigenvalue weighted by molar-refractivity contribution is 0.426. The van der Waals surface area contributed by atoms with Crippen molar-refractivity contribution in [3.8, 4) is 11.1 Å². The van der Waals surface area contributed by atoms with Gasteiger partial charge >= 0.3 is 7.12 Å². The summed E-state index contributed by atoms with van der Waals surface area (Å²) in [6, 6.07) is 137. The Bertz CT molecular complexity index is 5740. The zero-order valence-corrected chi connectivity index (χ0v) is 60.4. The molecule has 0 aliphatic heterocycles. The third kappa shape index (κ3) is 14.2. The minimum absolute atomic E-state index is 0. The van der Waals surface area contributed by atoms with Crippen molar-refractivity contribution in [2.45, 2.75) is 14.9 Å². The highest BCUT2D eigenvalue weighted by molar-refractivity contribution is 9.10. The molecule has 0 saturated heterocycles. The molecule has 0 amide bonds. The van der Waals surface area contributed by atoms with Crippen molar-refractivity contribution >= 4 is 190 Å². The highest BCUT2D eigenvalue weighted by atomic mass is 79.9. The molecule has 0 bridgehead atoms. The number of fused-ring (bicyclic) bond motifs is 8. The van der Waals surface area contributed by atoms with Gasteiger partial charge in [0.05, 0.1) is 11.4 Å². The van der Waals surface area contributed by atoms with Crippen molar-refractivity contribution < 1.29 is 18.9 Å². The second kappa shape index (κ2) is 32.9. The fraction of sp³-hybridized carbons (Fsp3) is 0.0213. The van der Waals surface area contributed by atoms with Crippen molar-refractivity contribution in [2.75, 3.05) is 10.6 Å². The van der Waals surface area contributed by atoms with Gasteiger partial charge in [-0.2, -0.15) is 0 Å². The van der Waals surface area contributed by atoms with E-state index in [1.807, 2.05) is 72.8 Å². The third-order valence-electron chi connectivity index (χ3n) is 19.6. The lowest BCUT2D eigenvalue weighted by Gasteiger charge is -2.34. The van der Waals surface area contributed by atoms with E-state index in [0.29, 0.717) is 5.46 Å². The fourth-order valence-electron chi connectivity index (χ4n) is 14.9. The van der Waals surface area contributed by atoms with Crippen LogP contribution in [0.25, 0.3) is 76.5 Å². The summed E-state index contributed by atoms with van der Waals surface area (Å²) in [4.78, 5) is 0. The van der Waals surface area contributed by atoms with Gasteiger partial charge in [0.2, 0.25) is 0 Å². The van der Waals surface area contributed by atoms with Crippen LogP contribution in [0.5, 0.6) is 0 Å². The average molecular weight is 1470 g/mol. The minimum atomic E-state index is -2.61. The number of rotatable bonds is 14. The molecule has 0 atom stereocenters. The fourth-order valence-corrected chi connectivity index (χ4v) is 24.8. The maximum atomic E-state index is 9.54. The highest BCUT2D eigenvalue weighted by Crippen LogP contribution is 2.41. The van der Waals surface area contributed by atoms with E-state index < -0.39 is 23.3 Å². The van der Waals surface area contributed by atoms with E-state index in [2.05, 4.69) is 357 Å². The molecule has 16 aromatic carbocycles. The summed E-state index contributed by atoms with van der Waals surface area (Å²) in [5.74, 6) is 0. The van der Waals surface area contributed by atoms with Crippen molar-refractivity contribution in [3.05, 3.63) is 393 Å². The standard InChI is InChI=1S/C46H33NOSi.C24H21BO2Si.C22H14BrNO.2CH4.B2/c1-4-17-36(18-5-1)49(37-19-6-2-7-20-37,38-21-8-3-9-22-38)39-29-27-33(28-30-39)35-31-42-41-24-12-13-26-45(41)48-46(42)44(32-35)47-43-25-14-16-34-15-10-11-23-40(34)43;26-25(27)20-16-18-24(19-17-20)28(21-10-4-1-5-11-21,22-12-6-2-7-13-22)23-14-8-3-9-15-23;23-15-12-18-17-9-3-4-11-21(17)25-22(18)20(13-15)24-19-10-5-7-14-6-1-2-8-16(14)19;;;1-2/h1-32,47H;1-19,26-27H;1-13,24H;2*1H4;. The molecule has 0 unspecified atom stereocenters. The molecule has 0 aliphatic rings. The smallest absolute Gasteiger partial charge is 0.454 e. The third-order valence-corrected chi connectivity index (χ3v) is 29.6. The molecule has 2 aromatic heterocycles. The molecule has 18 aromatic rings. The molecular weight excluding hydrogens is 1390 g/mol. The molecule has 12 heteroatoms. The Morgan fingerprint density at radius 3 is 0.953 bits per heavy atom. The van der Waals surface area contributed by atoms with E-state index in [9.17, 15) is 10.0 Å². The monoisotopic (exact) mass is 1460 g/mol. The lowest BCUT2D eigenvalue weighted by atomic mass is 9.81. The number of furan rings is 2. The van der Waals surface area contributed by atoms with Gasteiger partial charge in [-0.3, -0.25) is 0 Å². The van der Waals surface area contributed by atoms with Gasteiger partial charge < -0.3 is 29.5 Å². The molecule has 2 heterocycles. The zero-order chi connectivity index (χ0) is 70.8. The Balaban J connectivity index is 0.000000149. The summed E-state index contributed by atoms with van der Waals surface area (Å²) >= 11 is 3.64. The normalized spacial score (nSPS) is 11.1. The van der Waals surface area contributed by atoms with E-state index in [4.69, 9.17) is 8.83 Å². The highest BCUT2D eigenvalue weighted by Gasteiger charge is 2.43. The topological polar surface area (TPSA) is 90.8 Å². The van der Waals surface area contributed by atoms with E-state index in [1.165, 1.54) is 63.0 Å². The SMILES string of the molecule is Brc1cc(Nc2cccc3ccccc23)c2oc3ccccc3c2c1.C.C.OB(O)c1ccc([Si](c2ccccc2)(c2ccccc2)c2ccccc2)cc1.[B][B].c1ccc([Si](c2ccccc2)(c2ccccc2)c2ccc(-c3cc(Nc4cccc5ccccc45)c4oc5ccccc5c4c3)cc2)cc1. The molecule has 0 aliphatic carbocycles. The van der Waals surface area contributed by atoms with Crippen LogP contribution >= 0.6 is 15.9 Å². The van der Waals surface area contributed by atoms with Crippen LogP contribution in [0.4, 0.5) is 22.7 Å². The summed E-state index contributed by atoms with van der Waals surface area (Å²) < 4.78 is 13.7. The number of benzene rings is 16. The second-order valence-electron chi connectivity index (χ2n) is 25.5. The molecule has 0 fully saturated rings. The molecule has 0 spiro atoms. The number of hydrogen-bond acceptors (Lipinski definition) is 6. The van der Waals surface area contributed by atoms with Gasteiger partial charge in [-0.05, 0) is 117 Å². The quantitative estimate of drug-likeness (QED) is 0.0641. The van der Waals surface area contributed by atoms with Crippen LogP contribution in [0, 0.1) is 0 Å². The van der Waals surface area contributed by atoms with Crippen LogP contribution in [0.3, 0.4) is 0 Å². The summed E-state index contributed by atoms with van der Waals surface area (Å²) in [6.45, 7) is 0. The Morgan fingerprint density at radius 1 is 0.274 bits per heavy atom. The van der Waals surface area contributed by atoms with Crippen molar-refractivity contribution in [2.24, 2.45) is 0 Å². The van der Waals surface area contributed by atoms with Crippen LogP contribution in [0.1, 0.15) is 14.9 Å². The molecule has 4 N–H and O–H groups in total. The maximum absolute atomic E-state index is 9.54. The molecule has 106 heavy (non-hydrogen) atoms. The number of halogens is 1. The molecule has 510 valence electrons. The number of hydrogen-bond donors (Lipinski definition) is 4. The van der Waals surface area contributed by atoms with Gasteiger partial charge in [-0.15, -0.1) is 0 Å². The Morgan fingerprint density at radius 2 is 0.575 bits per heavy atom. The van der Waals surface area contributed by atoms with E-state index in [0.717, 1.165) is 82.2 Å². The largest absolute Gasteiger partial charge is 0.488 e. The maximum Gasteiger partial charge on any atom is 0.488 e. The summed E-state index contributed by atoms with van der Waals surface area (Å²) in [7, 11) is 1.41. The van der Waals surface area contributed by atoms with Gasteiger partial charge in [0.25, 0.3) is 0 Å². The number of nitrogens with one attached hydrogen (secondary N) is 2. The van der Waals surface area contributed by atoms with Gasteiger partial charge in [0, 0.05) is 63.6 Å². The Hall–Kier alpha value is -11.7. The Labute approximate surface area is 633 Å². The van der Waals surface area contributed by atoms with Crippen molar-refractivity contribution in [3.63, 3.8) is 0 Å². The zero-order valence-electron chi connectivity index (χ0n) is 56.8. The molecule has 18 rings (SSSR count). The lowest BCUT2D eigenvalue weighted by Crippen LogP contribution is -2.74. The van der Waals surface area contributed by atoms with Gasteiger partial charge in [-0.1, -0.05) is 370 Å². The van der Waals surface area contributed by atoms with E-state index in [-0.39, 0.29) is 14.9 Å². The predicted molar refractivity (Wildman–Crippen MR) is 464 cm³/mol. The first-order valence-corrected chi connectivity index (χ1v) is 39.4. The van der Waals surface area contributed by atoms with E-state index in [1.54, 1.807) is 0 Å². The van der Waals surface area contributed by atoms with Gasteiger partial charge in [0.1, 0.15) is 11.2 Å². The van der Waals surface area contributed by atoms with Crippen LogP contribution in [-0.2, 0) is 0 Å². The molecule has 0 saturated carbocycles. The number of para-hydroxylation sites is 2. The van der Waals surface area contributed by atoms with Crippen LogP contribution in [-0.4, -0.2) is 48.8 Å². The van der Waals surface area contributed by atoms with E-state index >= 15 is 0 Å². The first kappa shape index (κ1) is 72.6. The second-order valence-corrected chi connectivity index (χ2v) is 34.0. The molecular formula is C94H76B3BrN2O4Si2. The summed E-state index contributed by atoms with van der Waals surface area (Å²) in [5, 5.41) is 46.2. The molecule has 6 nitrogen and oxygen atoms in total. The first-order chi connectivity index (χ1) is 51.3. The first-order valence-electron chi connectivity index (χ1n) is 34.6. The minimum Gasteiger partial charge on any atom is -0.454 e. The van der Waals surface area contributed by atoms with Gasteiger partial charge in [0.15, 0.2) is 27.3 Å². The summed E-state index contributed by atoms with van der Waals surface area (Å²) in [6.07, 6.45) is 0.